The zero-order valence-corrected chi connectivity index (χ0v) is 16.2. The molecule has 0 radical (unpaired) electrons. The summed E-state index contributed by atoms with van der Waals surface area (Å²) in [6, 6.07) is 10.0. The van der Waals surface area contributed by atoms with Crippen LogP contribution in [0.2, 0.25) is 0 Å². The minimum Gasteiger partial charge on any atom is -0.504 e. The van der Waals surface area contributed by atoms with E-state index in [0.29, 0.717) is 30.3 Å². The van der Waals surface area contributed by atoms with Crippen LogP contribution in [0, 0.1) is 5.92 Å². The summed E-state index contributed by atoms with van der Waals surface area (Å²) in [6.07, 6.45) is 5.09. The van der Waals surface area contributed by atoms with Crippen molar-refractivity contribution in [3.63, 3.8) is 0 Å². The Morgan fingerprint density at radius 1 is 0.857 bits per heavy atom. The Morgan fingerprint density at radius 3 is 1.68 bits per heavy atom. The highest BCUT2D eigenvalue weighted by Gasteiger charge is 2.25. The van der Waals surface area contributed by atoms with Crippen molar-refractivity contribution in [2.45, 2.75) is 19.8 Å². The number of carbonyl (C=O) groups is 1. The van der Waals surface area contributed by atoms with Gasteiger partial charge in [-0.2, -0.15) is 0 Å². The second-order valence-electron chi connectivity index (χ2n) is 7.04. The molecule has 1 unspecified atom stereocenters. The Morgan fingerprint density at radius 2 is 1.29 bits per heavy atom. The van der Waals surface area contributed by atoms with Gasteiger partial charge in [-0.3, -0.25) is 4.79 Å². The van der Waals surface area contributed by atoms with Crippen LogP contribution < -0.4 is 9.47 Å². The summed E-state index contributed by atoms with van der Waals surface area (Å²) in [5, 5.41) is 19.5. The number of methoxy groups -OCH3 is 2. The van der Waals surface area contributed by atoms with Gasteiger partial charge in [-0.05, 0) is 66.3 Å². The smallest absolute Gasteiger partial charge is 0.185 e. The Kier molecular flexibility index (Phi) is 5.73. The molecule has 0 saturated heterocycles. The van der Waals surface area contributed by atoms with Gasteiger partial charge >= 0.3 is 0 Å². The maximum Gasteiger partial charge on any atom is 0.185 e. The van der Waals surface area contributed by atoms with E-state index in [1.54, 1.807) is 36.4 Å². The zero-order chi connectivity index (χ0) is 20.3. The molecule has 0 bridgehead atoms. The van der Waals surface area contributed by atoms with Gasteiger partial charge in [-0.1, -0.05) is 19.1 Å². The summed E-state index contributed by atoms with van der Waals surface area (Å²) in [6.45, 7) is 2.11. The first-order chi connectivity index (χ1) is 13.4. The van der Waals surface area contributed by atoms with E-state index in [1.807, 2.05) is 12.2 Å². The fourth-order valence-electron chi connectivity index (χ4n) is 3.43. The van der Waals surface area contributed by atoms with Crippen molar-refractivity contribution in [1.82, 2.24) is 0 Å². The van der Waals surface area contributed by atoms with E-state index in [0.717, 1.165) is 22.3 Å². The van der Waals surface area contributed by atoms with Crippen molar-refractivity contribution in [3.05, 3.63) is 58.7 Å². The molecule has 2 N–H and O–H groups in total. The van der Waals surface area contributed by atoms with Gasteiger partial charge in [0.25, 0.3) is 0 Å². The van der Waals surface area contributed by atoms with Crippen molar-refractivity contribution < 1.29 is 24.5 Å². The third-order valence-electron chi connectivity index (χ3n) is 4.81. The van der Waals surface area contributed by atoms with Crippen molar-refractivity contribution in [2.75, 3.05) is 14.2 Å². The fourth-order valence-corrected chi connectivity index (χ4v) is 3.43. The first kappa shape index (κ1) is 19.5. The quantitative estimate of drug-likeness (QED) is 0.759. The number of hydrogen-bond acceptors (Lipinski definition) is 5. The third kappa shape index (κ3) is 4.19. The van der Waals surface area contributed by atoms with Crippen molar-refractivity contribution in [1.29, 1.82) is 0 Å². The lowest BCUT2D eigenvalue weighted by Gasteiger charge is -2.23. The molecule has 1 aliphatic rings. The number of rotatable bonds is 4. The summed E-state index contributed by atoms with van der Waals surface area (Å²) in [5.74, 6) is 1.21. The molecular weight excluding hydrogens is 356 g/mol. The molecule has 1 atom stereocenters. The van der Waals surface area contributed by atoms with Crippen LogP contribution in [-0.4, -0.2) is 30.2 Å². The van der Waals surface area contributed by atoms with Gasteiger partial charge in [0.15, 0.2) is 28.8 Å². The topological polar surface area (TPSA) is 76.0 Å². The fraction of sp³-hybridized carbons (Fsp3) is 0.261. The first-order valence-electron chi connectivity index (χ1n) is 9.11. The van der Waals surface area contributed by atoms with Crippen LogP contribution in [0.1, 0.15) is 30.9 Å². The Hall–Kier alpha value is -3.21. The molecule has 0 amide bonds. The van der Waals surface area contributed by atoms with E-state index >= 15 is 0 Å². The molecule has 5 nitrogen and oxygen atoms in total. The molecule has 1 aliphatic carbocycles. The molecule has 1 fully saturated rings. The van der Waals surface area contributed by atoms with Gasteiger partial charge in [0, 0.05) is 11.1 Å². The number of phenolic OH excluding ortho intramolecular Hbond substituents is 2. The van der Waals surface area contributed by atoms with Gasteiger partial charge in [0.1, 0.15) is 0 Å². The van der Waals surface area contributed by atoms with Crippen LogP contribution in [0.25, 0.3) is 12.2 Å². The van der Waals surface area contributed by atoms with Crippen molar-refractivity contribution >= 4 is 17.9 Å². The molecular formula is C23H24O5. The molecule has 0 aromatic heterocycles. The second kappa shape index (κ2) is 8.21. The lowest BCUT2D eigenvalue weighted by Crippen LogP contribution is -2.18. The lowest BCUT2D eigenvalue weighted by atomic mass is 9.81. The molecule has 5 heteroatoms. The molecule has 0 heterocycles. The molecule has 146 valence electrons. The van der Waals surface area contributed by atoms with Crippen LogP contribution in [0.3, 0.4) is 0 Å². The Balaban J connectivity index is 1.94. The Labute approximate surface area is 164 Å². The van der Waals surface area contributed by atoms with Crippen LogP contribution in [0.4, 0.5) is 0 Å². The zero-order valence-electron chi connectivity index (χ0n) is 16.2. The van der Waals surface area contributed by atoms with Crippen molar-refractivity contribution in [3.8, 4) is 23.0 Å². The summed E-state index contributed by atoms with van der Waals surface area (Å²) < 4.78 is 10.3. The average molecular weight is 380 g/mol. The van der Waals surface area contributed by atoms with Gasteiger partial charge < -0.3 is 19.7 Å². The number of hydrogen-bond donors (Lipinski definition) is 2. The minimum absolute atomic E-state index is 0.0113. The predicted octanol–water partition coefficient (Wildman–Crippen LogP) is 4.58. The number of Topliss-reactive ketones (excluding diaryl/α,β-unsaturated/α-hetero) is 1. The number of benzene rings is 2. The summed E-state index contributed by atoms with van der Waals surface area (Å²) in [4.78, 5) is 13.0. The molecule has 2 aromatic carbocycles. The molecule has 1 saturated carbocycles. The van der Waals surface area contributed by atoms with Crippen LogP contribution in [0.15, 0.2) is 47.5 Å². The van der Waals surface area contributed by atoms with Crippen LogP contribution in [-0.2, 0) is 4.79 Å². The van der Waals surface area contributed by atoms with Crippen molar-refractivity contribution in [2.24, 2.45) is 5.92 Å². The maximum atomic E-state index is 13.0. The minimum atomic E-state index is 0.0113. The van der Waals surface area contributed by atoms with Crippen LogP contribution in [0.5, 0.6) is 23.0 Å². The van der Waals surface area contributed by atoms with E-state index in [-0.39, 0.29) is 17.3 Å². The van der Waals surface area contributed by atoms with Gasteiger partial charge in [0.05, 0.1) is 14.2 Å². The molecule has 0 aliphatic heterocycles. The van der Waals surface area contributed by atoms with E-state index < -0.39 is 0 Å². The largest absolute Gasteiger partial charge is 0.504 e. The molecule has 0 spiro atoms. The first-order valence-corrected chi connectivity index (χ1v) is 9.11. The monoisotopic (exact) mass is 380 g/mol. The number of ketones is 1. The average Bonchev–Trinajstić information content (AvgIpc) is 2.68. The molecule has 2 aromatic rings. The molecule has 3 rings (SSSR count). The number of ether oxygens (including phenoxy) is 2. The summed E-state index contributed by atoms with van der Waals surface area (Å²) >= 11 is 0. The van der Waals surface area contributed by atoms with E-state index in [4.69, 9.17) is 9.47 Å². The number of carbonyl (C=O) groups excluding carboxylic acids is 1. The highest BCUT2D eigenvalue weighted by Crippen LogP contribution is 2.34. The number of phenols is 2. The van der Waals surface area contributed by atoms with E-state index in [9.17, 15) is 15.0 Å². The SMILES string of the molecule is COc1cc(/C=C2/CC(C)C/C(=C\c3ccc(O)c(OC)c3)C2=O)ccc1O. The maximum absolute atomic E-state index is 13.0. The standard InChI is InChI=1S/C23H24O5/c1-14-8-17(10-15-4-6-19(24)21(12-15)27-2)23(26)18(9-14)11-16-5-7-20(25)22(13-16)28-3/h4-7,10-14,24-25H,8-9H2,1-3H3/b17-10-,18-11+. The lowest BCUT2D eigenvalue weighted by molar-refractivity contribution is -0.113. The Bertz CT molecular complexity index is 880. The number of aromatic hydroxyl groups is 2. The van der Waals surface area contributed by atoms with Gasteiger partial charge in [-0.15, -0.1) is 0 Å². The summed E-state index contributed by atoms with van der Waals surface area (Å²) in [7, 11) is 2.99. The van der Waals surface area contributed by atoms with Crippen LogP contribution >= 0.6 is 0 Å². The third-order valence-corrected chi connectivity index (χ3v) is 4.81. The number of allylic oxidation sites excluding steroid dienone is 2. The highest BCUT2D eigenvalue weighted by atomic mass is 16.5. The predicted molar refractivity (Wildman–Crippen MR) is 109 cm³/mol. The van der Waals surface area contributed by atoms with E-state index in [2.05, 4.69) is 6.92 Å². The molecule has 28 heavy (non-hydrogen) atoms. The van der Waals surface area contributed by atoms with Gasteiger partial charge in [-0.25, -0.2) is 0 Å². The normalized spacial score (nSPS) is 19.8. The highest BCUT2D eigenvalue weighted by molar-refractivity contribution is 6.14. The second-order valence-corrected chi connectivity index (χ2v) is 7.04. The summed E-state index contributed by atoms with van der Waals surface area (Å²) in [5.41, 5.74) is 3.06. The van der Waals surface area contributed by atoms with Gasteiger partial charge in [0.2, 0.25) is 0 Å². The van der Waals surface area contributed by atoms with E-state index in [1.165, 1.54) is 14.2 Å².